The fourth-order valence-corrected chi connectivity index (χ4v) is 1.97. The van der Waals surface area contributed by atoms with Crippen LogP contribution >= 0.6 is 0 Å². The first-order chi connectivity index (χ1) is 9.60. The molecule has 1 aromatic carbocycles. The molecule has 5 heteroatoms. The summed E-state index contributed by atoms with van der Waals surface area (Å²) in [7, 11) is 1.35. The van der Waals surface area contributed by atoms with Crippen LogP contribution in [0.4, 0.5) is 5.69 Å². The molecule has 0 radical (unpaired) electrons. The Morgan fingerprint density at radius 2 is 1.90 bits per heavy atom. The number of carbonyl (C=O) groups excluding carboxylic acids is 1. The molecule has 2 rings (SSSR count). The monoisotopic (exact) mass is 272 g/mol. The molecular weight excluding hydrogens is 256 g/mol. The number of hydrogen-bond acceptors (Lipinski definition) is 4. The van der Waals surface area contributed by atoms with Crippen molar-refractivity contribution in [1.82, 2.24) is 4.57 Å². The molecule has 0 atom stereocenters. The van der Waals surface area contributed by atoms with Crippen molar-refractivity contribution in [1.29, 1.82) is 0 Å². The first kappa shape index (κ1) is 13.9. The van der Waals surface area contributed by atoms with Crippen molar-refractivity contribution in [3.8, 4) is 0 Å². The minimum absolute atomic E-state index is 0.132. The molecule has 20 heavy (non-hydrogen) atoms. The lowest BCUT2D eigenvalue weighted by Crippen LogP contribution is -2.20. The molecule has 2 aromatic rings. The van der Waals surface area contributed by atoms with Gasteiger partial charge < -0.3 is 15.0 Å². The van der Waals surface area contributed by atoms with Gasteiger partial charge in [0.1, 0.15) is 0 Å². The van der Waals surface area contributed by atoms with Crippen LogP contribution in [0.2, 0.25) is 0 Å². The van der Waals surface area contributed by atoms with Crippen molar-refractivity contribution in [2.45, 2.75) is 13.0 Å². The number of pyridine rings is 1. The van der Waals surface area contributed by atoms with Crippen molar-refractivity contribution in [3.63, 3.8) is 0 Å². The summed E-state index contributed by atoms with van der Waals surface area (Å²) in [5.74, 6) is -0.308. The van der Waals surface area contributed by atoms with Crippen molar-refractivity contribution < 1.29 is 9.53 Å². The molecule has 0 amide bonds. The van der Waals surface area contributed by atoms with Crippen LogP contribution in [0.15, 0.2) is 47.4 Å². The van der Waals surface area contributed by atoms with E-state index in [9.17, 15) is 9.59 Å². The van der Waals surface area contributed by atoms with E-state index in [2.05, 4.69) is 4.74 Å². The molecule has 1 heterocycles. The minimum atomic E-state index is -0.308. The van der Waals surface area contributed by atoms with Gasteiger partial charge in [0.25, 0.3) is 5.56 Å². The van der Waals surface area contributed by atoms with Crippen LogP contribution in [0.5, 0.6) is 0 Å². The Hall–Kier alpha value is -2.56. The molecule has 0 saturated heterocycles. The zero-order valence-corrected chi connectivity index (χ0v) is 11.2. The molecule has 0 bridgehead atoms. The van der Waals surface area contributed by atoms with Crippen LogP contribution in [0.3, 0.4) is 0 Å². The highest BCUT2D eigenvalue weighted by atomic mass is 16.5. The fourth-order valence-electron chi connectivity index (χ4n) is 1.97. The summed E-state index contributed by atoms with van der Waals surface area (Å²) in [6.07, 6.45) is 1.78. The summed E-state index contributed by atoms with van der Waals surface area (Å²) >= 11 is 0. The second-order valence-corrected chi connectivity index (χ2v) is 4.45. The predicted molar refractivity (Wildman–Crippen MR) is 76.4 cm³/mol. The number of esters is 1. The van der Waals surface area contributed by atoms with E-state index in [0.717, 1.165) is 11.1 Å². The van der Waals surface area contributed by atoms with Crippen LogP contribution < -0.4 is 11.3 Å². The van der Waals surface area contributed by atoms with Gasteiger partial charge in [-0.3, -0.25) is 9.59 Å². The van der Waals surface area contributed by atoms with Gasteiger partial charge in [-0.15, -0.1) is 0 Å². The topological polar surface area (TPSA) is 74.3 Å². The summed E-state index contributed by atoms with van der Waals surface area (Å²) in [5.41, 5.74) is 7.81. The third kappa shape index (κ3) is 3.26. The molecule has 0 fully saturated rings. The van der Waals surface area contributed by atoms with Crippen molar-refractivity contribution >= 4 is 11.7 Å². The number of nitrogens with two attached hydrogens (primary N) is 1. The van der Waals surface area contributed by atoms with Gasteiger partial charge in [0.15, 0.2) is 0 Å². The van der Waals surface area contributed by atoms with E-state index in [4.69, 9.17) is 5.73 Å². The Morgan fingerprint density at radius 3 is 2.60 bits per heavy atom. The number of methoxy groups -OCH3 is 1. The number of nitrogen functional groups attached to an aromatic ring is 1. The first-order valence-electron chi connectivity index (χ1n) is 6.19. The number of nitrogens with zero attached hydrogens (tertiary/aromatic N) is 1. The molecular formula is C15H16N2O3. The summed E-state index contributed by atoms with van der Waals surface area (Å²) in [5, 5.41) is 0. The Balaban J connectivity index is 2.31. The molecule has 0 aliphatic carbocycles. The molecule has 0 saturated carbocycles. The van der Waals surface area contributed by atoms with Gasteiger partial charge in [0.2, 0.25) is 0 Å². The molecule has 0 aliphatic heterocycles. The Labute approximate surface area is 116 Å². The van der Waals surface area contributed by atoms with Gasteiger partial charge >= 0.3 is 5.97 Å². The normalized spacial score (nSPS) is 10.2. The molecule has 1 aromatic heterocycles. The predicted octanol–water partition coefficient (Wildman–Crippen LogP) is 1.19. The van der Waals surface area contributed by atoms with Gasteiger partial charge in [0.05, 0.1) is 20.1 Å². The number of benzene rings is 1. The summed E-state index contributed by atoms with van der Waals surface area (Å²) in [4.78, 5) is 23.2. The zero-order valence-electron chi connectivity index (χ0n) is 11.2. The third-order valence-corrected chi connectivity index (χ3v) is 3.03. The lowest BCUT2D eigenvalue weighted by Gasteiger charge is -2.11. The van der Waals surface area contributed by atoms with Gasteiger partial charge in [-0.05, 0) is 17.2 Å². The highest BCUT2D eigenvalue weighted by Gasteiger charge is 2.08. The Morgan fingerprint density at radius 1 is 1.20 bits per heavy atom. The molecule has 0 aliphatic rings. The standard InChI is InChI=1S/C15H16N2O3/c1-20-15(19)8-11-4-2-3-5-12(11)9-17-10-13(16)6-7-14(17)18/h2-7,10H,8-9,16H2,1H3. The quantitative estimate of drug-likeness (QED) is 0.848. The molecule has 0 spiro atoms. The smallest absolute Gasteiger partial charge is 0.309 e. The van der Waals surface area contributed by atoms with E-state index in [1.807, 2.05) is 24.3 Å². The number of ether oxygens (including phenoxy) is 1. The second-order valence-electron chi connectivity index (χ2n) is 4.45. The van der Waals surface area contributed by atoms with Crippen molar-refractivity contribution in [2.75, 3.05) is 12.8 Å². The van der Waals surface area contributed by atoms with E-state index in [0.29, 0.717) is 12.2 Å². The average molecular weight is 272 g/mol. The summed E-state index contributed by atoms with van der Waals surface area (Å²) in [6.45, 7) is 0.372. The van der Waals surface area contributed by atoms with Crippen LogP contribution in [0, 0.1) is 0 Å². The van der Waals surface area contributed by atoms with Crippen LogP contribution in [0.1, 0.15) is 11.1 Å². The molecule has 5 nitrogen and oxygen atoms in total. The maximum Gasteiger partial charge on any atom is 0.309 e. The van der Waals surface area contributed by atoms with E-state index in [1.54, 1.807) is 12.3 Å². The number of carbonyl (C=O) groups is 1. The largest absolute Gasteiger partial charge is 0.469 e. The maximum atomic E-state index is 11.8. The Bertz CT molecular complexity index is 677. The second kappa shape index (κ2) is 6.06. The molecule has 2 N–H and O–H groups in total. The first-order valence-corrected chi connectivity index (χ1v) is 6.19. The summed E-state index contributed by atoms with van der Waals surface area (Å²) < 4.78 is 6.19. The van der Waals surface area contributed by atoms with E-state index >= 15 is 0 Å². The SMILES string of the molecule is COC(=O)Cc1ccccc1Cn1cc(N)ccc1=O. The van der Waals surface area contributed by atoms with E-state index in [1.165, 1.54) is 17.7 Å². The Kier molecular flexibility index (Phi) is 4.20. The van der Waals surface area contributed by atoms with Gasteiger partial charge in [-0.2, -0.15) is 0 Å². The summed E-state index contributed by atoms with van der Waals surface area (Å²) in [6, 6.07) is 10.5. The zero-order chi connectivity index (χ0) is 14.5. The van der Waals surface area contributed by atoms with E-state index in [-0.39, 0.29) is 17.9 Å². The van der Waals surface area contributed by atoms with Gasteiger partial charge in [0, 0.05) is 18.0 Å². The lowest BCUT2D eigenvalue weighted by molar-refractivity contribution is -0.139. The third-order valence-electron chi connectivity index (χ3n) is 3.03. The van der Waals surface area contributed by atoms with Gasteiger partial charge in [-0.25, -0.2) is 0 Å². The fraction of sp³-hybridized carbons (Fsp3) is 0.200. The van der Waals surface area contributed by atoms with Gasteiger partial charge in [-0.1, -0.05) is 24.3 Å². The number of aromatic nitrogens is 1. The lowest BCUT2D eigenvalue weighted by atomic mass is 10.0. The number of hydrogen-bond donors (Lipinski definition) is 1. The van der Waals surface area contributed by atoms with Crippen LogP contribution in [-0.2, 0) is 22.5 Å². The number of anilines is 1. The minimum Gasteiger partial charge on any atom is -0.469 e. The van der Waals surface area contributed by atoms with Crippen molar-refractivity contribution in [2.24, 2.45) is 0 Å². The van der Waals surface area contributed by atoms with Crippen LogP contribution in [0.25, 0.3) is 0 Å². The maximum absolute atomic E-state index is 11.8. The van der Waals surface area contributed by atoms with E-state index < -0.39 is 0 Å². The number of rotatable bonds is 4. The average Bonchev–Trinajstić information content (AvgIpc) is 2.44. The highest BCUT2D eigenvalue weighted by molar-refractivity contribution is 5.72. The highest BCUT2D eigenvalue weighted by Crippen LogP contribution is 2.12. The van der Waals surface area contributed by atoms with Crippen LogP contribution in [-0.4, -0.2) is 17.6 Å². The molecule has 0 unspecified atom stereocenters. The molecule has 104 valence electrons. The van der Waals surface area contributed by atoms with Crippen molar-refractivity contribution in [3.05, 3.63) is 64.1 Å².